The molecule has 0 aromatic heterocycles. The second-order valence-corrected chi connectivity index (χ2v) is 10.8. The van der Waals surface area contributed by atoms with E-state index in [9.17, 15) is 4.79 Å². The zero-order chi connectivity index (χ0) is 29.1. The van der Waals surface area contributed by atoms with Gasteiger partial charge in [-0.25, -0.2) is 0 Å². The summed E-state index contributed by atoms with van der Waals surface area (Å²) in [5.41, 5.74) is 4.80. The lowest BCUT2D eigenvalue weighted by atomic mass is 10.1. The molecule has 0 fully saturated rings. The Kier molecular flexibility index (Phi) is 8.46. The van der Waals surface area contributed by atoms with Gasteiger partial charge in [-0.1, -0.05) is 59.6 Å². The number of aliphatic imine (C=N–C) groups is 1. The lowest BCUT2D eigenvalue weighted by Gasteiger charge is -2.20. The highest BCUT2D eigenvalue weighted by molar-refractivity contribution is 8.27. The van der Waals surface area contributed by atoms with Crippen molar-refractivity contribution in [2.45, 2.75) is 27.7 Å². The summed E-state index contributed by atoms with van der Waals surface area (Å²) in [6.45, 7) is 8.83. The maximum atomic E-state index is 13.0. The molecule has 41 heavy (non-hydrogen) atoms. The molecule has 10 heteroatoms. The molecule has 0 unspecified atom stereocenters. The number of ether oxygens (including phenoxy) is 3. The minimum Gasteiger partial charge on any atom is -0.490 e. The highest BCUT2D eigenvalue weighted by Crippen LogP contribution is 2.38. The standard InChI is InChI=1S/C31H29ClN4O4S/c1-5-38-25-17-21(16-24(32)27(25)40-14-13-39-26-19(3)7-6-8-20(26)4)15-23-28(33)36-31(34-29(23)37)41-30(35-36)22-11-9-18(2)10-12-22/h6-12,15-17,33H,5,13-14H2,1-4H3/b23-15-,33-28?. The molecule has 2 heterocycles. The number of halogens is 1. The Bertz CT molecular complexity index is 1590. The normalized spacial score (nSPS) is 15.5. The number of carbonyl (C=O) groups is 1. The summed E-state index contributed by atoms with van der Waals surface area (Å²) in [5.74, 6) is 1.06. The highest BCUT2D eigenvalue weighted by atomic mass is 35.5. The molecular formula is C31H29ClN4O4S. The number of thioether (sulfide) groups is 1. The predicted octanol–water partition coefficient (Wildman–Crippen LogP) is 6.79. The fourth-order valence-corrected chi connectivity index (χ4v) is 5.53. The van der Waals surface area contributed by atoms with Crippen LogP contribution in [0.4, 0.5) is 0 Å². The van der Waals surface area contributed by atoms with Gasteiger partial charge in [0.2, 0.25) is 5.17 Å². The van der Waals surface area contributed by atoms with E-state index < -0.39 is 5.91 Å². The molecule has 0 spiro atoms. The summed E-state index contributed by atoms with van der Waals surface area (Å²) >= 11 is 7.88. The van der Waals surface area contributed by atoms with Crippen LogP contribution in [0.15, 0.2) is 70.3 Å². The zero-order valence-electron chi connectivity index (χ0n) is 23.2. The molecule has 0 bridgehead atoms. The van der Waals surface area contributed by atoms with E-state index in [0.29, 0.717) is 45.5 Å². The number of hydrogen-bond donors (Lipinski definition) is 1. The molecule has 0 saturated heterocycles. The van der Waals surface area contributed by atoms with Crippen molar-refractivity contribution in [1.82, 2.24) is 5.01 Å². The van der Waals surface area contributed by atoms with E-state index >= 15 is 0 Å². The van der Waals surface area contributed by atoms with Gasteiger partial charge in [0.1, 0.15) is 24.0 Å². The van der Waals surface area contributed by atoms with Gasteiger partial charge < -0.3 is 14.2 Å². The summed E-state index contributed by atoms with van der Waals surface area (Å²) < 4.78 is 17.7. The van der Waals surface area contributed by atoms with Gasteiger partial charge in [0.15, 0.2) is 17.3 Å². The summed E-state index contributed by atoms with van der Waals surface area (Å²) in [6, 6.07) is 17.3. The van der Waals surface area contributed by atoms with Crippen LogP contribution in [0.2, 0.25) is 5.02 Å². The molecule has 3 aromatic carbocycles. The quantitative estimate of drug-likeness (QED) is 0.218. The summed E-state index contributed by atoms with van der Waals surface area (Å²) in [5, 5.41) is 16.0. The van der Waals surface area contributed by atoms with Crippen molar-refractivity contribution in [3.63, 3.8) is 0 Å². The monoisotopic (exact) mass is 588 g/mol. The molecule has 8 nitrogen and oxygen atoms in total. The van der Waals surface area contributed by atoms with Crippen LogP contribution >= 0.6 is 23.4 Å². The Morgan fingerprint density at radius 3 is 2.34 bits per heavy atom. The Morgan fingerprint density at radius 1 is 0.976 bits per heavy atom. The maximum absolute atomic E-state index is 13.0. The van der Waals surface area contributed by atoms with Crippen LogP contribution < -0.4 is 14.2 Å². The van der Waals surface area contributed by atoms with Gasteiger partial charge in [-0.05, 0) is 74.4 Å². The zero-order valence-corrected chi connectivity index (χ0v) is 24.7. The third-order valence-corrected chi connectivity index (χ3v) is 7.62. The third kappa shape index (κ3) is 6.16. The van der Waals surface area contributed by atoms with Crippen molar-refractivity contribution in [2.75, 3.05) is 19.8 Å². The second kappa shape index (κ2) is 12.2. The smallest absolute Gasteiger partial charge is 0.283 e. The lowest BCUT2D eigenvalue weighted by molar-refractivity contribution is -0.114. The molecule has 0 atom stereocenters. The Balaban J connectivity index is 1.34. The minimum absolute atomic E-state index is 0.0623. The highest BCUT2D eigenvalue weighted by Gasteiger charge is 2.36. The number of nitrogens with one attached hydrogen (secondary N) is 1. The van der Waals surface area contributed by atoms with E-state index in [0.717, 1.165) is 28.0 Å². The van der Waals surface area contributed by atoms with E-state index in [1.807, 2.05) is 70.2 Å². The first-order chi connectivity index (χ1) is 19.7. The third-order valence-electron chi connectivity index (χ3n) is 6.38. The van der Waals surface area contributed by atoms with E-state index in [4.69, 9.17) is 31.2 Å². The number of hydrogen-bond acceptors (Lipinski definition) is 7. The van der Waals surface area contributed by atoms with Crippen LogP contribution in [-0.2, 0) is 4.79 Å². The SMILES string of the molecule is CCOc1cc(/C=C2/C(=N)N3N=C(c4ccc(C)cc4)SC3=NC2=O)cc(Cl)c1OCCOc1c(C)cccc1C. The number of aryl methyl sites for hydroxylation is 3. The number of hydrazone groups is 1. The fourth-order valence-electron chi connectivity index (χ4n) is 4.36. The number of carbonyl (C=O) groups excluding carboxylic acids is 1. The van der Waals surface area contributed by atoms with Crippen LogP contribution in [0.1, 0.15) is 34.7 Å². The number of rotatable bonds is 9. The van der Waals surface area contributed by atoms with Crippen molar-refractivity contribution in [1.29, 1.82) is 5.41 Å². The van der Waals surface area contributed by atoms with Crippen LogP contribution in [0.3, 0.4) is 0 Å². The molecular weight excluding hydrogens is 560 g/mol. The number of para-hydroxylation sites is 1. The second-order valence-electron chi connectivity index (χ2n) is 9.47. The average Bonchev–Trinajstić information content (AvgIpc) is 3.36. The van der Waals surface area contributed by atoms with Gasteiger partial charge in [0.25, 0.3) is 5.91 Å². The molecule has 1 amide bonds. The molecule has 3 aromatic rings. The number of amides is 1. The van der Waals surface area contributed by atoms with Crippen molar-refractivity contribution in [3.8, 4) is 17.2 Å². The first-order valence-corrected chi connectivity index (χ1v) is 14.3. The lowest BCUT2D eigenvalue weighted by Crippen LogP contribution is -2.35. The van der Waals surface area contributed by atoms with Crippen LogP contribution in [-0.4, -0.2) is 46.8 Å². The van der Waals surface area contributed by atoms with E-state index in [1.54, 1.807) is 18.2 Å². The van der Waals surface area contributed by atoms with Crippen LogP contribution in [0, 0.1) is 26.2 Å². The molecule has 0 saturated carbocycles. The van der Waals surface area contributed by atoms with Gasteiger partial charge in [0.05, 0.1) is 17.2 Å². The number of benzene rings is 3. The molecule has 0 aliphatic carbocycles. The van der Waals surface area contributed by atoms with Gasteiger partial charge >= 0.3 is 0 Å². The fraction of sp³-hybridized carbons (Fsp3) is 0.226. The topological polar surface area (TPSA) is 96.6 Å². The van der Waals surface area contributed by atoms with Crippen LogP contribution in [0.25, 0.3) is 6.08 Å². The van der Waals surface area contributed by atoms with Crippen molar-refractivity contribution < 1.29 is 19.0 Å². The predicted molar refractivity (Wildman–Crippen MR) is 165 cm³/mol. The number of nitrogens with zero attached hydrogens (tertiary/aromatic N) is 3. The number of fused-ring (bicyclic) bond motifs is 1. The van der Waals surface area contributed by atoms with Gasteiger partial charge in [-0.2, -0.15) is 15.1 Å². The Labute approximate surface area is 248 Å². The van der Waals surface area contributed by atoms with Gasteiger partial charge in [0, 0.05) is 5.56 Å². The van der Waals surface area contributed by atoms with Crippen molar-refractivity contribution >= 4 is 51.4 Å². The van der Waals surface area contributed by atoms with E-state index in [1.165, 1.54) is 16.8 Å². The number of amidine groups is 2. The molecule has 210 valence electrons. The Hall–Kier alpha value is -4.08. The van der Waals surface area contributed by atoms with Gasteiger partial charge in [-0.15, -0.1) is 0 Å². The molecule has 0 radical (unpaired) electrons. The molecule has 2 aliphatic rings. The van der Waals surface area contributed by atoms with E-state index in [-0.39, 0.29) is 18.0 Å². The van der Waals surface area contributed by atoms with E-state index in [2.05, 4.69) is 10.1 Å². The average molecular weight is 589 g/mol. The first kappa shape index (κ1) is 28.4. The summed E-state index contributed by atoms with van der Waals surface area (Å²) in [6.07, 6.45) is 1.57. The van der Waals surface area contributed by atoms with Gasteiger partial charge in [-0.3, -0.25) is 10.2 Å². The molecule has 2 aliphatic heterocycles. The summed E-state index contributed by atoms with van der Waals surface area (Å²) in [7, 11) is 0. The van der Waals surface area contributed by atoms with Crippen molar-refractivity contribution in [3.05, 3.63) is 93.0 Å². The largest absolute Gasteiger partial charge is 0.490 e. The first-order valence-electron chi connectivity index (χ1n) is 13.1. The van der Waals surface area contributed by atoms with Crippen LogP contribution in [0.5, 0.6) is 17.2 Å². The molecule has 1 N–H and O–H groups in total. The maximum Gasteiger partial charge on any atom is 0.283 e. The minimum atomic E-state index is -0.521. The van der Waals surface area contributed by atoms with Crippen molar-refractivity contribution in [2.24, 2.45) is 10.1 Å². The Morgan fingerprint density at radius 2 is 1.66 bits per heavy atom. The molecule has 5 rings (SSSR count). The summed E-state index contributed by atoms with van der Waals surface area (Å²) in [4.78, 5) is 17.1.